The lowest BCUT2D eigenvalue weighted by Crippen LogP contribution is -2.32. The van der Waals surface area contributed by atoms with E-state index in [4.69, 9.17) is 0 Å². The van der Waals surface area contributed by atoms with Gasteiger partial charge in [0.05, 0.1) is 0 Å². The second-order valence-electron chi connectivity index (χ2n) is 5.57. The van der Waals surface area contributed by atoms with E-state index in [0.29, 0.717) is 6.04 Å². The molecule has 0 amide bonds. The SMILES string of the molecule is CNC(CN(C)CCc1ccncc1)c1ccccc1C. The van der Waals surface area contributed by atoms with Crippen LogP contribution < -0.4 is 5.32 Å². The number of nitrogens with one attached hydrogen (secondary N) is 1. The first-order valence-corrected chi connectivity index (χ1v) is 7.51. The molecule has 1 aromatic carbocycles. The molecule has 112 valence electrons. The van der Waals surface area contributed by atoms with Crippen molar-refractivity contribution in [2.45, 2.75) is 19.4 Å². The van der Waals surface area contributed by atoms with E-state index in [-0.39, 0.29) is 0 Å². The van der Waals surface area contributed by atoms with Crippen molar-refractivity contribution < 1.29 is 0 Å². The summed E-state index contributed by atoms with van der Waals surface area (Å²) >= 11 is 0. The molecule has 0 aliphatic carbocycles. The lowest BCUT2D eigenvalue weighted by atomic mass is 10.0. The first-order chi connectivity index (χ1) is 10.2. The van der Waals surface area contributed by atoms with Crippen LogP contribution in [0.1, 0.15) is 22.7 Å². The van der Waals surface area contributed by atoms with Crippen molar-refractivity contribution in [2.24, 2.45) is 0 Å². The van der Waals surface area contributed by atoms with Gasteiger partial charge in [-0.2, -0.15) is 0 Å². The number of aromatic nitrogens is 1. The molecule has 3 heteroatoms. The molecular weight excluding hydrogens is 258 g/mol. The second-order valence-corrected chi connectivity index (χ2v) is 5.57. The maximum Gasteiger partial charge on any atom is 0.0449 e. The van der Waals surface area contributed by atoms with Gasteiger partial charge in [0.25, 0.3) is 0 Å². The van der Waals surface area contributed by atoms with E-state index < -0.39 is 0 Å². The Kier molecular flexibility index (Phi) is 5.90. The monoisotopic (exact) mass is 283 g/mol. The van der Waals surface area contributed by atoms with Crippen LogP contribution in [0.5, 0.6) is 0 Å². The summed E-state index contributed by atoms with van der Waals surface area (Å²) in [6.45, 7) is 4.23. The Morgan fingerprint density at radius 1 is 1.14 bits per heavy atom. The average Bonchev–Trinajstić information content (AvgIpc) is 2.52. The summed E-state index contributed by atoms with van der Waals surface area (Å²) in [7, 11) is 4.22. The molecule has 1 heterocycles. The number of rotatable bonds is 7. The van der Waals surface area contributed by atoms with Crippen molar-refractivity contribution >= 4 is 0 Å². The Hall–Kier alpha value is -1.71. The van der Waals surface area contributed by atoms with E-state index >= 15 is 0 Å². The maximum atomic E-state index is 4.06. The molecule has 0 radical (unpaired) electrons. The number of benzene rings is 1. The fourth-order valence-electron chi connectivity index (χ4n) is 2.60. The summed E-state index contributed by atoms with van der Waals surface area (Å²) in [5.41, 5.74) is 4.07. The van der Waals surface area contributed by atoms with Gasteiger partial charge in [0.2, 0.25) is 0 Å². The molecule has 0 saturated heterocycles. The van der Waals surface area contributed by atoms with Gasteiger partial charge in [0.1, 0.15) is 0 Å². The van der Waals surface area contributed by atoms with Crippen LogP contribution in [0.4, 0.5) is 0 Å². The summed E-state index contributed by atoms with van der Waals surface area (Å²) in [5.74, 6) is 0. The van der Waals surface area contributed by atoms with Crippen LogP contribution in [-0.4, -0.2) is 37.1 Å². The highest BCUT2D eigenvalue weighted by Crippen LogP contribution is 2.18. The molecule has 0 bridgehead atoms. The van der Waals surface area contributed by atoms with E-state index in [2.05, 4.69) is 65.6 Å². The van der Waals surface area contributed by atoms with Gasteiger partial charge in [-0.3, -0.25) is 4.98 Å². The molecule has 3 nitrogen and oxygen atoms in total. The van der Waals surface area contributed by atoms with Crippen LogP contribution in [0.2, 0.25) is 0 Å². The van der Waals surface area contributed by atoms with Crippen LogP contribution in [0.25, 0.3) is 0 Å². The Morgan fingerprint density at radius 2 is 1.86 bits per heavy atom. The Morgan fingerprint density at radius 3 is 2.52 bits per heavy atom. The van der Waals surface area contributed by atoms with E-state index in [1.807, 2.05) is 19.4 Å². The molecular formula is C18H25N3. The summed E-state index contributed by atoms with van der Waals surface area (Å²) < 4.78 is 0. The zero-order chi connectivity index (χ0) is 15.1. The van der Waals surface area contributed by atoms with E-state index in [0.717, 1.165) is 19.5 Å². The molecule has 0 spiro atoms. The van der Waals surface area contributed by atoms with Gasteiger partial charge in [-0.25, -0.2) is 0 Å². The molecule has 2 rings (SSSR count). The lowest BCUT2D eigenvalue weighted by Gasteiger charge is -2.25. The number of pyridine rings is 1. The van der Waals surface area contributed by atoms with Crippen molar-refractivity contribution in [3.8, 4) is 0 Å². The van der Waals surface area contributed by atoms with Crippen LogP contribution in [0.3, 0.4) is 0 Å². The summed E-state index contributed by atoms with van der Waals surface area (Å²) in [5, 5.41) is 3.44. The fraction of sp³-hybridized carbons (Fsp3) is 0.389. The number of hydrogen-bond acceptors (Lipinski definition) is 3. The number of nitrogens with zero attached hydrogens (tertiary/aromatic N) is 2. The Balaban J connectivity index is 1.91. The molecule has 1 unspecified atom stereocenters. The van der Waals surface area contributed by atoms with Gasteiger partial charge in [0.15, 0.2) is 0 Å². The quantitative estimate of drug-likeness (QED) is 0.847. The molecule has 0 aliphatic rings. The molecule has 1 atom stereocenters. The molecule has 1 aromatic heterocycles. The van der Waals surface area contributed by atoms with Crippen LogP contribution in [0.15, 0.2) is 48.8 Å². The van der Waals surface area contributed by atoms with E-state index in [1.165, 1.54) is 16.7 Å². The second kappa shape index (κ2) is 7.91. The first kappa shape index (κ1) is 15.7. The van der Waals surface area contributed by atoms with Gasteiger partial charge in [-0.05, 0) is 56.3 Å². The predicted octanol–water partition coefficient (Wildman–Crippen LogP) is 2.83. The molecule has 21 heavy (non-hydrogen) atoms. The van der Waals surface area contributed by atoms with Crippen LogP contribution >= 0.6 is 0 Å². The summed E-state index contributed by atoms with van der Waals surface area (Å²) in [6, 6.07) is 13.1. The van der Waals surface area contributed by atoms with Crippen molar-refractivity contribution in [1.29, 1.82) is 0 Å². The van der Waals surface area contributed by atoms with E-state index in [9.17, 15) is 0 Å². The molecule has 1 N–H and O–H groups in total. The van der Waals surface area contributed by atoms with Gasteiger partial charge in [-0.15, -0.1) is 0 Å². The molecule has 2 aromatic rings. The highest BCUT2D eigenvalue weighted by Gasteiger charge is 2.13. The number of aryl methyl sites for hydroxylation is 1. The summed E-state index contributed by atoms with van der Waals surface area (Å²) in [6.07, 6.45) is 4.78. The normalized spacial score (nSPS) is 12.6. The smallest absolute Gasteiger partial charge is 0.0449 e. The third-order valence-corrected chi connectivity index (χ3v) is 3.94. The van der Waals surface area contributed by atoms with Gasteiger partial charge >= 0.3 is 0 Å². The minimum atomic E-state index is 0.369. The first-order valence-electron chi connectivity index (χ1n) is 7.51. The average molecular weight is 283 g/mol. The predicted molar refractivity (Wildman–Crippen MR) is 88.4 cm³/mol. The highest BCUT2D eigenvalue weighted by molar-refractivity contribution is 5.29. The molecule has 0 fully saturated rings. The zero-order valence-corrected chi connectivity index (χ0v) is 13.2. The lowest BCUT2D eigenvalue weighted by molar-refractivity contribution is 0.299. The van der Waals surface area contributed by atoms with Crippen LogP contribution in [0, 0.1) is 6.92 Å². The van der Waals surface area contributed by atoms with Crippen molar-refractivity contribution in [2.75, 3.05) is 27.2 Å². The van der Waals surface area contributed by atoms with Crippen LogP contribution in [-0.2, 0) is 6.42 Å². The van der Waals surface area contributed by atoms with Crippen molar-refractivity contribution in [3.05, 3.63) is 65.5 Å². The third kappa shape index (κ3) is 4.66. The topological polar surface area (TPSA) is 28.2 Å². The highest BCUT2D eigenvalue weighted by atomic mass is 15.1. The Bertz CT molecular complexity index is 539. The van der Waals surface area contributed by atoms with Crippen molar-refractivity contribution in [1.82, 2.24) is 15.2 Å². The van der Waals surface area contributed by atoms with Gasteiger partial charge < -0.3 is 10.2 Å². The standard InChI is InChI=1S/C18H25N3/c1-15-6-4-5-7-17(15)18(19-2)14-21(3)13-10-16-8-11-20-12-9-16/h4-9,11-12,18-19H,10,13-14H2,1-3H3. The fourth-order valence-corrected chi connectivity index (χ4v) is 2.60. The summed E-state index contributed by atoms with van der Waals surface area (Å²) in [4.78, 5) is 6.44. The van der Waals surface area contributed by atoms with E-state index in [1.54, 1.807) is 0 Å². The molecule has 0 saturated carbocycles. The van der Waals surface area contributed by atoms with Crippen molar-refractivity contribution in [3.63, 3.8) is 0 Å². The third-order valence-electron chi connectivity index (χ3n) is 3.94. The maximum absolute atomic E-state index is 4.06. The largest absolute Gasteiger partial charge is 0.312 e. The van der Waals surface area contributed by atoms with Gasteiger partial charge in [-0.1, -0.05) is 24.3 Å². The minimum Gasteiger partial charge on any atom is -0.312 e. The van der Waals surface area contributed by atoms with Gasteiger partial charge in [0, 0.05) is 31.5 Å². The zero-order valence-electron chi connectivity index (χ0n) is 13.2. The number of likely N-dealkylation sites (N-methyl/N-ethyl adjacent to an activating group) is 2. The minimum absolute atomic E-state index is 0.369. The molecule has 0 aliphatic heterocycles. The Labute approximate surface area is 128 Å². The number of hydrogen-bond donors (Lipinski definition) is 1.